The summed E-state index contributed by atoms with van der Waals surface area (Å²) >= 11 is 0. The normalized spacial score (nSPS) is 10.3. The third kappa shape index (κ3) is 2.76. The average molecular weight is 226 g/mol. The van der Waals surface area contributed by atoms with Crippen LogP contribution in [0.2, 0.25) is 0 Å². The van der Waals surface area contributed by atoms with Gasteiger partial charge in [0.05, 0.1) is 0 Å². The molecule has 2 aromatic carbocycles. The van der Waals surface area contributed by atoms with Gasteiger partial charge in [-0.2, -0.15) is 0 Å². The van der Waals surface area contributed by atoms with Crippen molar-refractivity contribution in [2.24, 2.45) is 0 Å². The van der Waals surface area contributed by atoms with Crippen molar-refractivity contribution in [1.29, 1.82) is 0 Å². The van der Waals surface area contributed by atoms with Gasteiger partial charge in [0.2, 0.25) is 0 Å². The molecule has 2 N–H and O–H groups in total. The molecule has 0 bridgehead atoms. The molecule has 0 amide bonds. The van der Waals surface area contributed by atoms with Crippen molar-refractivity contribution in [1.82, 2.24) is 0 Å². The molecule has 0 aromatic heterocycles. The molecule has 0 aliphatic rings. The molecule has 0 spiro atoms. The first-order valence-electron chi connectivity index (χ1n) is 5.76. The van der Waals surface area contributed by atoms with Crippen molar-refractivity contribution in [3.05, 3.63) is 54.1 Å². The van der Waals surface area contributed by atoms with Crippen LogP contribution in [0.4, 0.5) is 0 Å². The SMILES string of the molecule is CCc1ccc(-c2ccc(B(O)O)cc2)cc1. The van der Waals surface area contributed by atoms with Crippen LogP contribution < -0.4 is 5.46 Å². The molecule has 2 aromatic rings. The molecule has 0 saturated carbocycles. The standard InChI is InChI=1S/C14H15BO2/c1-2-11-3-5-12(6-4-11)13-7-9-14(10-8-13)15(16)17/h3-10,16-17H,2H2,1H3. The fraction of sp³-hybridized carbons (Fsp3) is 0.143. The predicted octanol–water partition coefficient (Wildman–Crippen LogP) is 1.60. The highest BCUT2D eigenvalue weighted by molar-refractivity contribution is 6.58. The Morgan fingerprint density at radius 3 is 1.71 bits per heavy atom. The Balaban J connectivity index is 2.26. The fourth-order valence-electron chi connectivity index (χ4n) is 1.78. The topological polar surface area (TPSA) is 40.5 Å². The van der Waals surface area contributed by atoms with E-state index in [1.54, 1.807) is 12.1 Å². The summed E-state index contributed by atoms with van der Waals surface area (Å²) in [6.07, 6.45) is 1.04. The highest BCUT2D eigenvalue weighted by Crippen LogP contribution is 2.18. The second kappa shape index (κ2) is 5.17. The van der Waals surface area contributed by atoms with Gasteiger partial charge in [-0.1, -0.05) is 55.5 Å². The Morgan fingerprint density at radius 1 is 0.824 bits per heavy atom. The Bertz CT molecular complexity index is 475. The predicted molar refractivity (Wildman–Crippen MR) is 71.1 cm³/mol. The molecule has 0 saturated heterocycles. The summed E-state index contributed by atoms with van der Waals surface area (Å²) in [4.78, 5) is 0. The van der Waals surface area contributed by atoms with E-state index in [2.05, 4.69) is 31.2 Å². The summed E-state index contributed by atoms with van der Waals surface area (Å²) in [5, 5.41) is 18.0. The lowest BCUT2D eigenvalue weighted by molar-refractivity contribution is 0.426. The largest absolute Gasteiger partial charge is 0.488 e. The molecule has 17 heavy (non-hydrogen) atoms. The first kappa shape index (κ1) is 11.9. The number of hydrogen-bond donors (Lipinski definition) is 2. The van der Waals surface area contributed by atoms with Gasteiger partial charge in [0.25, 0.3) is 0 Å². The van der Waals surface area contributed by atoms with Crippen LogP contribution in [0.25, 0.3) is 11.1 Å². The van der Waals surface area contributed by atoms with Gasteiger partial charge in [-0.25, -0.2) is 0 Å². The highest BCUT2D eigenvalue weighted by Gasteiger charge is 2.09. The first-order chi connectivity index (χ1) is 8.20. The van der Waals surface area contributed by atoms with Gasteiger partial charge in [-0.05, 0) is 28.6 Å². The molecular formula is C14H15BO2. The minimum Gasteiger partial charge on any atom is -0.423 e. The van der Waals surface area contributed by atoms with E-state index >= 15 is 0 Å². The van der Waals surface area contributed by atoms with E-state index in [4.69, 9.17) is 10.0 Å². The lowest BCUT2D eigenvalue weighted by Gasteiger charge is -2.05. The van der Waals surface area contributed by atoms with Crippen LogP contribution in [0.15, 0.2) is 48.5 Å². The van der Waals surface area contributed by atoms with E-state index in [9.17, 15) is 0 Å². The summed E-state index contributed by atoms with van der Waals surface area (Å²) in [6.45, 7) is 2.13. The monoisotopic (exact) mass is 226 g/mol. The van der Waals surface area contributed by atoms with E-state index in [1.165, 1.54) is 5.56 Å². The molecule has 2 nitrogen and oxygen atoms in total. The number of hydrogen-bond acceptors (Lipinski definition) is 2. The first-order valence-corrected chi connectivity index (χ1v) is 5.76. The van der Waals surface area contributed by atoms with Crippen LogP contribution in [0.1, 0.15) is 12.5 Å². The molecule has 0 aliphatic carbocycles. The van der Waals surface area contributed by atoms with Gasteiger partial charge >= 0.3 is 7.12 Å². The van der Waals surface area contributed by atoms with Gasteiger partial charge in [0.1, 0.15) is 0 Å². The van der Waals surface area contributed by atoms with Crippen LogP contribution in [0.3, 0.4) is 0 Å². The van der Waals surface area contributed by atoms with Crippen LogP contribution in [0, 0.1) is 0 Å². The lowest BCUT2D eigenvalue weighted by Crippen LogP contribution is -2.29. The Kier molecular flexibility index (Phi) is 3.62. The van der Waals surface area contributed by atoms with Gasteiger partial charge in [0.15, 0.2) is 0 Å². The molecule has 86 valence electrons. The summed E-state index contributed by atoms with van der Waals surface area (Å²) in [5.74, 6) is 0. The minimum atomic E-state index is -1.40. The highest BCUT2D eigenvalue weighted by atomic mass is 16.4. The van der Waals surface area contributed by atoms with Gasteiger partial charge in [-0.3, -0.25) is 0 Å². The molecule has 0 aliphatic heterocycles. The van der Waals surface area contributed by atoms with E-state index < -0.39 is 7.12 Å². The van der Waals surface area contributed by atoms with Crippen molar-refractivity contribution in [2.75, 3.05) is 0 Å². The molecule has 0 unspecified atom stereocenters. The number of aryl methyl sites for hydroxylation is 1. The Hall–Kier alpha value is -1.58. The maximum Gasteiger partial charge on any atom is 0.488 e. The maximum absolute atomic E-state index is 9.01. The summed E-state index contributed by atoms with van der Waals surface area (Å²) in [7, 11) is -1.40. The second-order valence-electron chi connectivity index (χ2n) is 4.05. The fourth-order valence-corrected chi connectivity index (χ4v) is 1.78. The molecular weight excluding hydrogens is 211 g/mol. The third-order valence-corrected chi connectivity index (χ3v) is 2.90. The van der Waals surface area contributed by atoms with Crippen molar-refractivity contribution in [2.45, 2.75) is 13.3 Å². The molecule has 2 rings (SSSR count). The molecule has 0 heterocycles. The van der Waals surface area contributed by atoms with Crippen LogP contribution in [0.5, 0.6) is 0 Å². The summed E-state index contributed by atoms with van der Waals surface area (Å²) < 4.78 is 0. The minimum absolute atomic E-state index is 0.513. The van der Waals surface area contributed by atoms with Crippen molar-refractivity contribution < 1.29 is 10.0 Å². The zero-order chi connectivity index (χ0) is 12.3. The van der Waals surface area contributed by atoms with E-state index in [1.807, 2.05) is 12.1 Å². The maximum atomic E-state index is 9.01. The van der Waals surface area contributed by atoms with Gasteiger partial charge < -0.3 is 10.0 Å². The molecule has 0 atom stereocenters. The molecule has 0 radical (unpaired) electrons. The summed E-state index contributed by atoms with van der Waals surface area (Å²) in [5.41, 5.74) is 4.05. The van der Waals surface area contributed by atoms with Crippen LogP contribution in [-0.4, -0.2) is 17.2 Å². The molecule has 3 heteroatoms. The van der Waals surface area contributed by atoms with Gasteiger partial charge in [0, 0.05) is 0 Å². The number of benzene rings is 2. The van der Waals surface area contributed by atoms with E-state index in [-0.39, 0.29) is 0 Å². The number of rotatable bonds is 3. The van der Waals surface area contributed by atoms with Crippen molar-refractivity contribution in [3.63, 3.8) is 0 Å². The Morgan fingerprint density at radius 2 is 1.29 bits per heavy atom. The van der Waals surface area contributed by atoms with E-state index in [0.29, 0.717) is 5.46 Å². The van der Waals surface area contributed by atoms with Crippen molar-refractivity contribution in [3.8, 4) is 11.1 Å². The van der Waals surface area contributed by atoms with Crippen LogP contribution >= 0.6 is 0 Å². The van der Waals surface area contributed by atoms with Crippen molar-refractivity contribution >= 4 is 12.6 Å². The zero-order valence-corrected chi connectivity index (χ0v) is 9.80. The van der Waals surface area contributed by atoms with E-state index in [0.717, 1.165) is 17.5 Å². The van der Waals surface area contributed by atoms with Crippen LogP contribution in [-0.2, 0) is 6.42 Å². The quantitative estimate of drug-likeness (QED) is 0.780. The summed E-state index contributed by atoms with van der Waals surface area (Å²) in [6, 6.07) is 15.7. The molecule has 0 fully saturated rings. The van der Waals surface area contributed by atoms with Gasteiger partial charge in [-0.15, -0.1) is 0 Å². The smallest absolute Gasteiger partial charge is 0.423 e. The second-order valence-corrected chi connectivity index (χ2v) is 4.05. The Labute approximate surface area is 102 Å². The lowest BCUT2D eigenvalue weighted by atomic mass is 9.80. The average Bonchev–Trinajstić information content (AvgIpc) is 2.39. The third-order valence-electron chi connectivity index (χ3n) is 2.90. The zero-order valence-electron chi connectivity index (χ0n) is 9.80.